The first-order valence-corrected chi connectivity index (χ1v) is 10.7. The molecule has 1 rings (SSSR count). The second-order valence-corrected chi connectivity index (χ2v) is 7.43. The molecule has 2 atom stereocenters. The average Bonchev–Trinajstić information content (AvgIpc) is 2.77. The predicted molar refractivity (Wildman–Crippen MR) is 118 cm³/mol. The van der Waals surface area contributed by atoms with E-state index >= 15 is 0 Å². The number of benzene rings is 1. The van der Waals surface area contributed by atoms with E-state index < -0.39 is 5.92 Å². The summed E-state index contributed by atoms with van der Waals surface area (Å²) in [5.41, 5.74) is 1.33. The van der Waals surface area contributed by atoms with Gasteiger partial charge in [-0.05, 0) is 51.0 Å². The molecular weight excluding hydrogens is 398 g/mol. The average molecular weight is 434 g/mol. The van der Waals surface area contributed by atoms with Gasteiger partial charge in [0.2, 0.25) is 12.3 Å². The van der Waals surface area contributed by atoms with Gasteiger partial charge in [-0.3, -0.25) is 19.6 Å². The quantitative estimate of drug-likeness (QED) is 0.104. The van der Waals surface area contributed by atoms with Crippen LogP contribution in [0.1, 0.15) is 75.4 Å². The minimum atomic E-state index is -0.546. The van der Waals surface area contributed by atoms with Gasteiger partial charge in [-0.1, -0.05) is 38.3 Å². The standard InChI is InChI=1S/C23H35N3O5/c1-5-7-8-10-21(14-26(30)16-27)23(29)25-15-24-22(28)20-12-9-11-19(13-20)18(4)31-17(3)6-2/h6,9,11-13,16,18,21,30H,5,7-8,10,14-15H2,1-4H3,(H,24,28)(H,25,29)/b17-6-. The first kappa shape index (κ1) is 26.2. The van der Waals surface area contributed by atoms with E-state index in [0.717, 1.165) is 30.6 Å². The van der Waals surface area contributed by atoms with Gasteiger partial charge >= 0.3 is 0 Å². The summed E-state index contributed by atoms with van der Waals surface area (Å²) in [5.74, 6) is -0.393. The third-order valence-corrected chi connectivity index (χ3v) is 4.96. The number of hydroxylamine groups is 2. The molecule has 0 aliphatic carbocycles. The lowest BCUT2D eigenvalue weighted by atomic mass is 10.0. The molecule has 0 aliphatic rings. The van der Waals surface area contributed by atoms with Crippen LogP contribution < -0.4 is 10.6 Å². The number of nitrogens with one attached hydrogen (secondary N) is 2. The lowest BCUT2D eigenvalue weighted by molar-refractivity contribution is -0.154. The molecule has 172 valence electrons. The lowest BCUT2D eigenvalue weighted by Crippen LogP contribution is -2.43. The molecule has 3 N–H and O–H groups in total. The summed E-state index contributed by atoms with van der Waals surface area (Å²) >= 11 is 0. The molecule has 0 saturated heterocycles. The fraction of sp³-hybridized carbons (Fsp3) is 0.522. The molecule has 0 saturated carbocycles. The summed E-state index contributed by atoms with van der Waals surface area (Å²) in [5, 5.41) is 15.2. The third kappa shape index (κ3) is 9.65. The van der Waals surface area contributed by atoms with Crippen molar-refractivity contribution in [2.24, 2.45) is 5.92 Å². The molecule has 0 spiro atoms. The molecule has 1 aromatic carbocycles. The largest absolute Gasteiger partial charge is 0.491 e. The topological polar surface area (TPSA) is 108 Å². The van der Waals surface area contributed by atoms with Crippen LogP contribution in [0.4, 0.5) is 0 Å². The van der Waals surface area contributed by atoms with Gasteiger partial charge in [0, 0.05) is 5.56 Å². The van der Waals surface area contributed by atoms with E-state index in [9.17, 15) is 19.6 Å². The van der Waals surface area contributed by atoms with E-state index in [1.807, 2.05) is 32.9 Å². The summed E-state index contributed by atoms with van der Waals surface area (Å²) in [4.78, 5) is 35.6. The maximum absolute atomic E-state index is 12.5. The Morgan fingerprint density at radius 3 is 2.65 bits per heavy atom. The van der Waals surface area contributed by atoms with Gasteiger partial charge in [0.25, 0.3) is 5.91 Å². The Bertz CT molecular complexity index is 750. The van der Waals surface area contributed by atoms with Crippen molar-refractivity contribution in [1.82, 2.24) is 15.7 Å². The predicted octanol–water partition coefficient (Wildman–Crippen LogP) is 3.54. The maximum Gasteiger partial charge on any atom is 0.252 e. The Balaban J connectivity index is 2.63. The van der Waals surface area contributed by atoms with E-state index in [-0.39, 0.29) is 37.5 Å². The van der Waals surface area contributed by atoms with Crippen molar-refractivity contribution in [3.8, 4) is 0 Å². The first-order valence-electron chi connectivity index (χ1n) is 10.7. The van der Waals surface area contributed by atoms with Crippen LogP contribution in [0.3, 0.4) is 0 Å². The molecule has 8 nitrogen and oxygen atoms in total. The van der Waals surface area contributed by atoms with Crippen LogP contribution in [-0.2, 0) is 14.3 Å². The van der Waals surface area contributed by atoms with Crippen LogP contribution in [0.5, 0.6) is 0 Å². The van der Waals surface area contributed by atoms with Gasteiger partial charge in [0.1, 0.15) is 6.10 Å². The van der Waals surface area contributed by atoms with Crippen LogP contribution in [0, 0.1) is 5.92 Å². The van der Waals surface area contributed by atoms with Crippen molar-refractivity contribution in [2.75, 3.05) is 13.2 Å². The Kier molecular flexibility index (Phi) is 12.0. The van der Waals surface area contributed by atoms with Crippen molar-refractivity contribution < 1.29 is 24.3 Å². The number of allylic oxidation sites excluding steroid dienone is 2. The van der Waals surface area contributed by atoms with E-state index in [1.165, 1.54) is 0 Å². The minimum Gasteiger partial charge on any atom is -0.491 e. The second kappa shape index (κ2) is 14.2. The molecule has 2 unspecified atom stereocenters. The Morgan fingerprint density at radius 2 is 2.00 bits per heavy atom. The molecule has 0 bridgehead atoms. The van der Waals surface area contributed by atoms with Gasteiger partial charge in [-0.25, -0.2) is 5.06 Å². The zero-order valence-electron chi connectivity index (χ0n) is 18.9. The monoisotopic (exact) mass is 433 g/mol. The molecule has 1 aromatic rings. The highest BCUT2D eigenvalue weighted by atomic mass is 16.5. The zero-order chi connectivity index (χ0) is 23.2. The SMILES string of the molecule is C/C=C(/C)OC(C)c1cccc(C(=O)NCNC(=O)C(CCCCC)CN(O)C=O)c1. The van der Waals surface area contributed by atoms with Crippen molar-refractivity contribution in [3.05, 3.63) is 47.2 Å². The number of carbonyl (C=O) groups excluding carboxylic acids is 3. The number of rotatable bonds is 14. The number of amides is 3. The van der Waals surface area contributed by atoms with Crippen molar-refractivity contribution in [2.45, 2.75) is 59.5 Å². The highest BCUT2D eigenvalue weighted by molar-refractivity contribution is 5.94. The lowest BCUT2D eigenvalue weighted by Gasteiger charge is -2.20. The minimum absolute atomic E-state index is 0.0532. The number of ether oxygens (including phenoxy) is 1. The molecule has 0 radical (unpaired) electrons. The summed E-state index contributed by atoms with van der Waals surface area (Å²) in [6.45, 7) is 7.59. The summed E-state index contributed by atoms with van der Waals surface area (Å²) in [7, 11) is 0. The highest BCUT2D eigenvalue weighted by Crippen LogP contribution is 2.21. The number of hydrogen-bond donors (Lipinski definition) is 3. The molecular formula is C23H35N3O5. The molecule has 0 aromatic heterocycles. The first-order chi connectivity index (χ1) is 14.8. The van der Waals surface area contributed by atoms with Crippen LogP contribution in [-0.4, -0.2) is 41.7 Å². The normalized spacial score (nSPS) is 13.1. The molecule has 0 heterocycles. The molecule has 0 aliphatic heterocycles. The van der Waals surface area contributed by atoms with E-state index in [1.54, 1.807) is 18.2 Å². The molecule has 31 heavy (non-hydrogen) atoms. The van der Waals surface area contributed by atoms with Gasteiger partial charge in [0.05, 0.1) is 24.9 Å². The van der Waals surface area contributed by atoms with Crippen LogP contribution in [0.2, 0.25) is 0 Å². The number of unbranched alkanes of at least 4 members (excludes halogenated alkanes) is 2. The number of carbonyl (C=O) groups is 3. The molecule has 3 amide bonds. The van der Waals surface area contributed by atoms with E-state index in [2.05, 4.69) is 17.6 Å². The van der Waals surface area contributed by atoms with Gasteiger partial charge in [-0.15, -0.1) is 0 Å². The fourth-order valence-corrected chi connectivity index (χ4v) is 3.02. The van der Waals surface area contributed by atoms with Crippen LogP contribution in [0.25, 0.3) is 0 Å². The van der Waals surface area contributed by atoms with Gasteiger partial charge in [0.15, 0.2) is 0 Å². The second-order valence-electron chi connectivity index (χ2n) is 7.43. The summed E-state index contributed by atoms with van der Waals surface area (Å²) in [6, 6.07) is 7.12. The number of nitrogens with zero attached hydrogens (tertiary/aromatic N) is 1. The van der Waals surface area contributed by atoms with Gasteiger partial charge < -0.3 is 15.4 Å². The number of hydrogen-bond acceptors (Lipinski definition) is 5. The molecule has 0 fully saturated rings. The maximum atomic E-state index is 12.5. The zero-order valence-corrected chi connectivity index (χ0v) is 18.9. The van der Waals surface area contributed by atoms with E-state index in [4.69, 9.17) is 4.74 Å². The van der Waals surface area contributed by atoms with Crippen LogP contribution in [0.15, 0.2) is 36.1 Å². The summed E-state index contributed by atoms with van der Waals surface area (Å²) in [6.07, 6.45) is 5.26. The van der Waals surface area contributed by atoms with E-state index in [0.29, 0.717) is 17.0 Å². The van der Waals surface area contributed by atoms with Crippen molar-refractivity contribution in [1.29, 1.82) is 0 Å². The fourth-order valence-electron chi connectivity index (χ4n) is 3.02. The van der Waals surface area contributed by atoms with Gasteiger partial charge in [-0.2, -0.15) is 0 Å². The van der Waals surface area contributed by atoms with Crippen molar-refractivity contribution in [3.63, 3.8) is 0 Å². The van der Waals surface area contributed by atoms with Crippen LogP contribution >= 0.6 is 0 Å². The summed E-state index contributed by atoms with van der Waals surface area (Å²) < 4.78 is 5.76. The highest BCUT2D eigenvalue weighted by Gasteiger charge is 2.20. The Morgan fingerprint density at radius 1 is 1.26 bits per heavy atom. The Hall–Kier alpha value is -2.87. The molecule has 8 heteroatoms. The van der Waals surface area contributed by atoms with Crippen molar-refractivity contribution >= 4 is 18.2 Å². The smallest absolute Gasteiger partial charge is 0.252 e. The third-order valence-electron chi connectivity index (χ3n) is 4.96. The Labute approximate surface area is 184 Å².